The predicted octanol–water partition coefficient (Wildman–Crippen LogP) is 4.29. The Morgan fingerprint density at radius 1 is 1.29 bits per heavy atom. The Morgan fingerprint density at radius 3 is 2.29 bits per heavy atom. The van der Waals surface area contributed by atoms with Crippen LogP contribution in [-0.2, 0) is 0 Å². The summed E-state index contributed by atoms with van der Waals surface area (Å²) in [6.45, 7) is 4.45. The van der Waals surface area contributed by atoms with E-state index in [4.69, 9.17) is 0 Å². The van der Waals surface area contributed by atoms with Crippen molar-refractivity contribution in [2.75, 3.05) is 4.43 Å². The Balaban J connectivity index is 3.07. The van der Waals surface area contributed by atoms with Crippen LogP contribution in [0.2, 0.25) is 0 Å². The highest BCUT2D eigenvalue weighted by molar-refractivity contribution is 14.1. The van der Waals surface area contributed by atoms with E-state index in [1.54, 1.807) is 0 Å². The molecule has 1 nitrogen and oxygen atoms in total. The number of alkyl halides is 1. The van der Waals surface area contributed by atoms with Crippen molar-refractivity contribution in [3.63, 3.8) is 0 Å². The second-order valence-electron chi connectivity index (χ2n) is 3.82. The second kappa shape index (κ2) is 5.44. The fourth-order valence-corrected chi connectivity index (χ4v) is 2.51. The largest absolute Gasteiger partial charge is 0.219 e. The molecular formula is C11H13I2N. The molecular weight excluding hydrogens is 400 g/mol. The molecule has 0 unspecified atom stereocenters. The average molecular weight is 413 g/mol. The van der Waals surface area contributed by atoms with Crippen LogP contribution in [0.4, 0.5) is 0 Å². The van der Waals surface area contributed by atoms with E-state index in [-0.39, 0.29) is 5.41 Å². The van der Waals surface area contributed by atoms with Crippen LogP contribution in [0.5, 0.6) is 0 Å². The molecule has 0 spiro atoms. The number of halogens is 2. The molecule has 0 aromatic heterocycles. The minimum Gasteiger partial charge on any atom is -0.219 e. The molecule has 14 heavy (non-hydrogen) atoms. The number of nitrogens with zero attached hydrogens (tertiary/aromatic N) is 1. The van der Waals surface area contributed by atoms with Gasteiger partial charge in [0.2, 0.25) is 0 Å². The molecule has 0 saturated carbocycles. The summed E-state index contributed by atoms with van der Waals surface area (Å²) in [5, 5.41) is 0. The Bertz CT molecular complexity index is 317. The first-order chi connectivity index (χ1) is 6.61. The minimum absolute atomic E-state index is 0.142. The van der Waals surface area contributed by atoms with Gasteiger partial charge in [-0.05, 0) is 5.56 Å². The van der Waals surface area contributed by atoms with Crippen molar-refractivity contribution >= 4 is 51.2 Å². The molecule has 1 aromatic carbocycles. The van der Waals surface area contributed by atoms with Gasteiger partial charge in [-0.15, -0.1) is 0 Å². The van der Waals surface area contributed by atoms with Crippen LogP contribution in [0.25, 0.3) is 0 Å². The first-order valence-electron chi connectivity index (χ1n) is 4.42. The average Bonchev–Trinajstić information content (AvgIpc) is 2.20. The quantitative estimate of drug-likeness (QED) is 0.399. The van der Waals surface area contributed by atoms with Crippen LogP contribution in [0.15, 0.2) is 33.5 Å². The summed E-state index contributed by atoms with van der Waals surface area (Å²) in [4.78, 5) is 0. The highest BCUT2D eigenvalue weighted by Gasteiger charge is 2.24. The van der Waals surface area contributed by atoms with Gasteiger partial charge in [0.05, 0.1) is 28.6 Å². The molecule has 0 saturated heterocycles. The maximum Gasteiger partial charge on any atom is 0.0834 e. The molecule has 76 valence electrons. The third-order valence-electron chi connectivity index (χ3n) is 2.11. The molecule has 0 heterocycles. The lowest BCUT2D eigenvalue weighted by molar-refractivity contribution is 0.617. The van der Waals surface area contributed by atoms with E-state index >= 15 is 0 Å². The molecule has 1 aromatic rings. The van der Waals surface area contributed by atoms with Crippen LogP contribution in [0, 0.1) is 5.41 Å². The molecule has 0 radical (unpaired) electrons. The lowest BCUT2D eigenvalue weighted by atomic mass is 9.86. The zero-order valence-corrected chi connectivity index (χ0v) is 12.6. The summed E-state index contributed by atoms with van der Waals surface area (Å²) in [6.07, 6.45) is 0. The summed E-state index contributed by atoms with van der Waals surface area (Å²) < 4.78 is 5.45. The van der Waals surface area contributed by atoms with Gasteiger partial charge in [-0.1, -0.05) is 66.8 Å². The lowest BCUT2D eigenvalue weighted by Crippen LogP contribution is -2.26. The van der Waals surface area contributed by atoms with Crippen molar-refractivity contribution in [1.29, 1.82) is 0 Å². The van der Waals surface area contributed by atoms with Crippen LogP contribution in [-0.4, -0.2) is 10.1 Å². The fourth-order valence-electron chi connectivity index (χ4n) is 1.21. The van der Waals surface area contributed by atoms with Crippen LogP contribution >= 0.6 is 45.5 Å². The Kier molecular flexibility index (Phi) is 4.82. The smallest absolute Gasteiger partial charge is 0.0834 e. The van der Waals surface area contributed by atoms with Crippen molar-refractivity contribution in [2.45, 2.75) is 13.8 Å². The van der Waals surface area contributed by atoms with E-state index in [0.29, 0.717) is 0 Å². The third kappa shape index (κ3) is 2.92. The number of hydrogen-bond donors (Lipinski definition) is 0. The van der Waals surface area contributed by atoms with E-state index in [1.807, 2.05) is 6.07 Å². The molecule has 0 fully saturated rings. The van der Waals surface area contributed by atoms with Gasteiger partial charge in [0.15, 0.2) is 0 Å². The van der Waals surface area contributed by atoms with Gasteiger partial charge in [-0.2, -0.15) is 0 Å². The first-order valence-corrected chi connectivity index (χ1v) is 6.91. The zero-order chi connectivity index (χ0) is 10.6. The van der Waals surface area contributed by atoms with Gasteiger partial charge in [-0.3, -0.25) is 0 Å². The fraction of sp³-hybridized carbons (Fsp3) is 0.364. The summed E-state index contributed by atoms with van der Waals surface area (Å²) in [7, 11) is 0. The van der Waals surface area contributed by atoms with E-state index in [1.165, 1.54) is 11.3 Å². The third-order valence-corrected chi connectivity index (χ3v) is 4.50. The van der Waals surface area contributed by atoms with Crippen molar-refractivity contribution in [2.24, 2.45) is 8.62 Å². The number of rotatable bonds is 3. The van der Waals surface area contributed by atoms with Crippen molar-refractivity contribution in [3.05, 3.63) is 35.9 Å². The number of hydrogen-bond acceptors (Lipinski definition) is 1. The Morgan fingerprint density at radius 2 is 1.86 bits per heavy atom. The van der Waals surface area contributed by atoms with Gasteiger partial charge >= 0.3 is 0 Å². The summed E-state index contributed by atoms with van der Waals surface area (Å²) in [5.41, 5.74) is 2.54. The lowest BCUT2D eigenvalue weighted by Gasteiger charge is -2.23. The first kappa shape index (κ1) is 12.4. The van der Waals surface area contributed by atoms with E-state index in [0.717, 1.165) is 4.43 Å². The molecule has 0 aliphatic rings. The Hall–Kier alpha value is 0.350. The van der Waals surface area contributed by atoms with E-state index in [2.05, 4.69) is 86.8 Å². The number of benzene rings is 1. The van der Waals surface area contributed by atoms with Gasteiger partial charge in [-0.25, -0.2) is 3.21 Å². The standard InChI is InChI=1S/C11H13I2N/c1-11(2,8-12)10(14-13)9-6-4-3-5-7-9/h3-7H,8H2,1-2H3. The molecule has 0 N–H and O–H groups in total. The topological polar surface area (TPSA) is 12.4 Å². The molecule has 0 aliphatic carbocycles. The van der Waals surface area contributed by atoms with Crippen LogP contribution < -0.4 is 0 Å². The molecule has 3 heteroatoms. The van der Waals surface area contributed by atoms with Crippen LogP contribution in [0.3, 0.4) is 0 Å². The second-order valence-corrected chi connectivity index (χ2v) is 5.06. The predicted molar refractivity (Wildman–Crippen MR) is 79.7 cm³/mol. The summed E-state index contributed by atoms with van der Waals surface area (Å²) >= 11 is 4.50. The van der Waals surface area contributed by atoms with Crippen molar-refractivity contribution < 1.29 is 0 Å². The van der Waals surface area contributed by atoms with Gasteiger partial charge in [0.25, 0.3) is 0 Å². The van der Waals surface area contributed by atoms with E-state index in [9.17, 15) is 0 Å². The molecule has 0 aliphatic heterocycles. The normalized spacial score (nSPS) is 13.0. The highest BCUT2D eigenvalue weighted by atomic mass is 127. The maximum absolute atomic E-state index is 4.38. The molecule has 0 amide bonds. The van der Waals surface area contributed by atoms with Crippen LogP contribution in [0.1, 0.15) is 19.4 Å². The summed E-state index contributed by atoms with van der Waals surface area (Å²) in [5.74, 6) is 0. The monoisotopic (exact) mass is 413 g/mol. The summed E-state index contributed by atoms with van der Waals surface area (Å²) in [6, 6.07) is 10.4. The Labute approximate surface area is 113 Å². The van der Waals surface area contributed by atoms with Gasteiger partial charge in [0.1, 0.15) is 0 Å². The van der Waals surface area contributed by atoms with Crippen molar-refractivity contribution in [1.82, 2.24) is 0 Å². The maximum atomic E-state index is 4.38. The van der Waals surface area contributed by atoms with Crippen molar-refractivity contribution in [3.8, 4) is 0 Å². The van der Waals surface area contributed by atoms with E-state index < -0.39 is 0 Å². The zero-order valence-electron chi connectivity index (χ0n) is 8.30. The molecule has 0 atom stereocenters. The molecule has 0 bridgehead atoms. The van der Waals surface area contributed by atoms with Gasteiger partial charge in [0, 0.05) is 9.84 Å². The SMILES string of the molecule is CC(C)(CI)C(=NI)c1ccccc1. The minimum atomic E-state index is 0.142. The van der Waals surface area contributed by atoms with Gasteiger partial charge < -0.3 is 0 Å². The highest BCUT2D eigenvalue weighted by Crippen LogP contribution is 2.26. The molecule has 1 rings (SSSR count).